The van der Waals surface area contributed by atoms with Crippen LogP contribution in [0.3, 0.4) is 0 Å². The minimum Gasteiger partial charge on any atom is -0.506 e. The highest BCUT2D eigenvalue weighted by Crippen LogP contribution is 2.29. The van der Waals surface area contributed by atoms with Crippen LogP contribution in [0, 0.1) is 7.14 Å². The van der Waals surface area contributed by atoms with E-state index < -0.39 is 0 Å². The Morgan fingerprint density at radius 1 is 1.44 bits per heavy atom. The molecule has 1 aromatic carbocycles. The number of carbonyl (C=O) groups excluding carboxylic acids is 1. The molecule has 0 fully saturated rings. The summed E-state index contributed by atoms with van der Waals surface area (Å²) in [7, 11) is 0. The van der Waals surface area contributed by atoms with Crippen LogP contribution in [0.2, 0.25) is 0 Å². The molecule has 0 saturated heterocycles. The van der Waals surface area contributed by atoms with Crippen LogP contribution in [0.1, 0.15) is 18.9 Å². The van der Waals surface area contributed by atoms with Gasteiger partial charge in [0.05, 0.1) is 13.7 Å². The Hall–Kier alpha value is -0.0500. The highest BCUT2D eigenvalue weighted by atomic mass is 127. The van der Waals surface area contributed by atoms with Crippen LogP contribution in [0.4, 0.5) is 0 Å². The number of aromatic hydroxyl groups is 1. The van der Waals surface area contributed by atoms with E-state index in [0.29, 0.717) is 25.2 Å². The molecule has 0 aliphatic heterocycles. The summed E-state index contributed by atoms with van der Waals surface area (Å²) in [5.41, 5.74) is 0.978. The third kappa shape index (κ3) is 3.76. The van der Waals surface area contributed by atoms with Crippen LogP contribution < -0.4 is 0 Å². The van der Waals surface area contributed by atoms with Crippen molar-refractivity contribution in [3.05, 3.63) is 24.8 Å². The monoisotopic (exact) mass is 446 g/mol. The van der Waals surface area contributed by atoms with Crippen LogP contribution >= 0.6 is 45.2 Å². The molecule has 0 amide bonds. The van der Waals surface area contributed by atoms with Gasteiger partial charge in [0.1, 0.15) is 5.75 Å². The van der Waals surface area contributed by atoms with Gasteiger partial charge in [0, 0.05) is 6.42 Å². The molecule has 5 heteroatoms. The number of halogens is 2. The van der Waals surface area contributed by atoms with Crippen LogP contribution in [-0.2, 0) is 16.0 Å². The summed E-state index contributed by atoms with van der Waals surface area (Å²) < 4.78 is 6.49. The molecule has 0 aromatic heterocycles. The molecule has 1 rings (SSSR count). The average Bonchev–Trinajstić information content (AvgIpc) is 2.25. The fraction of sp³-hybridized carbons (Fsp3) is 0.364. The number of phenols is 1. The summed E-state index contributed by atoms with van der Waals surface area (Å²) in [5, 5.41) is 9.72. The van der Waals surface area contributed by atoms with Crippen LogP contribution in [0.15, 0.2) is 12.1 Å². The van der Waals surface area contributed by atoms with Crippen LogP contribution in [0.5, 0.6) is 5.75 Å². The third-order valence-corrected chi connectivity index (χ3v) is 4.12. The quantitative estimate of drug-likeness (QED) is 0.572. The molecule has 0 spiro atoms. The van der Waals surface area contributed by atoms with E-state index in [2.05, 4.69) is 45.2 Å². The Kier molecular flexibility index (Phi) is 5.81. The van der Waals surface area contributed by atoms with Gasteiger partial charge in [-0.05, 0) is 70.2 Å². The first-order chi connectivity index (χ1) is 7.56. The normalized spacial score (nSPS) is 10.2. The molecule has 88 valence electrons. The van der Waals surface area contributed by atoms with Crippen molar-refractivity contribution < 1.29 is 14.6 Å². The second-order valence-corrected chi connectivity index (χ2v) is 5.42. The number of ether oxygens (including phenoxy) is 1. The molecule has 0 bridgehead atoms. The predicted octanol–water partition coefficient (Wildman–Crippen LogP) is 3.10. The van der Waals surface area contributed by atoms with Gasteiger partial charge in [0.2, 0.25) is 0 Å². The summed E-state index contributed by atoms with van der Waals surface area (Å²) in [6.45, 7) is 2.20. The van der Waals surface area contributed by atoms with Gasteiger partial charge >= 0.3 is 5.97 Å². The first-order valence-corrected chi connectivity index (χ1v) is 7.03. The van der Waals surface area contributed by atoms with Crippen molar-refractivity contribution in [3.8, 4) is 5.75 Å². The number of hydrogen-bond acceptors (Lipinski definition) is 3. The first-order valence-electron chi connectivity index (χ1n) is 4.87. The predicted molar refractivity (Wildman–Crippen MR) is 78.5 cm³/mol. The third-order valence-electron chi connectivity index (χ3n) is 2.05. The second kappa shape index (κ2) is 6.63. The van der Waals surface area contributed by atoms with Crippen LogP contribution in [0.25, 0.3) is 0 Å². The fourth-order valence-corrected chi connectivity index (χ4v) is 2.95. The number of rotatable bonds is 4. The zero-order valence-corrected chi connectivity index (χ0v) is 13.1. The van der Waals surface area contributed by atoms with Gasteiger partial charge in [-0.25, -0.2) is 0 Å². The molecule has 0 aliphatic carbocycles. The van der Waals surface area contributed by atoms with Gasteiger partial charge in [-0.1, -0.05) is 6.07 Å². The van der Waals surface area contributed by atoms with Gasteiger partial charge in [-0.3, -0.25) is 4.79 Å². The Morgan fingerprint density at radius 3 is 2.75 bits per heavy atom. The minimum absolute atomic E-state index is 0.198. The molecule has 0 aliphatic rings. The highest BCUT2D eigenvalue weighted by Gasteiger charge is 2.10. The van der Waals surface area contributed by atoms with Gasteiger partial charge < -0.3 is 9.84 Å². The zero-order chi connectivity index (χ0) is 12.1. The molecule has 1 N–H and O–H groups in total. The first kappa shape index (κ1) is 14.0. The second-order valence-electron chi connectivity index (χ2n) is 3.17. The van der Waals surface area contributed by atoms with Crippen molar-refractivity contribution in [2.45, 2.75) is 19.8 Å². The summed E-state index contributed by atoms with van der Waals surface area (Å²) in [5.74, 6) is 0.0962. The Morgan fingerprint density at radius 2 is 2.12 bits per heavy atom. The van der Waals surface area contributed by atoms with Gasteiger partial charge in [-0.2, -0.15) is 0 Å². The molecular formula is C11H12I2O3. The average molecular weight is 446 g/mol. The lowest BCUT2D eigenvalue weighted by Gasteiger charge is -2.07. The van der Waals surface area contributed by atoms with Crippen LogP contribution in [-0.4, -0.2) is 17.7 Å². The van der Waals surface area contributed by atoms with E-state index in [4.69, 9.17) is 4.74 Å². The lowest BCUT2D eigenvalue weighted by molar-refractivity contribution is -0.143. The van der Waals surface area contributed by atoms with Crippen molar-refractivity contribution in [2.75, 3.05) is 6.61 Å². The van der Waals surface area contributed by atoms with Crippen molar-refractivity contribution in [1.82, 2.24) is 0 Å². The largest absolute Gasteiger partial charge is 0.506 e. The Balaban J connectivity index is 2.68. The van der Waals surface area contributed by atoms with Crippen molar-refractivity contribution in [3.63, 3.8) is 0 Å². The van der Waals surface area contributed by atoms with Gasteiger partial charge in [0.25, 0.3) is 0 Å². The van der Waals surface area contributed by atoms with Crippen molar-refractivity contribution in [2.24, 2.45) is 0 Å². The Labute approximate surface area is 122 Å². The molecular weight excluding hydrogens is 434 g/mol. The van der Waals surface area contributed by atoms with E-state index in [1.54, 1.807) is 6.92 Å². The van der Waals surface area contributed by atoms with E-state index in [0.717, 1.165) is 12.7 Å². The fourth-order valence-electron chi connectivity index (χ4n) is 1.25. The van der Waals surface area contributed by atoms with E-state index >= 15 is 0 Å². The van der Waals surface area contributed by atoms with Gasteiger partial charge in [-0.15, -0.1) is 0 Å². The maximum Gasteiger partial charge on any atom is 0.306 e. The van der Waals surface area contributed by atoms with Crippen molar-refractivity contribution in [1.29, 1.82) is 0 Å². The number of phenolic OH excluding ortho intramolecular Hbond substituents is 1. The summed E-state index contributed by atoms with van der Waals surface area (Å²) in [4.78, 5) is 11.2. The minimum atomic E-state index is -0.198. The lowest BCUT2D eigenvalue weighted by atomic mass is 10.1. The lowest BCUT2D eigenvalue weighted by Crippen LogP contribution is -2.05. The smallest absolute Gasteiger partial charge is 0.306 e. The maximum atomic E-state index is 11.2. The summed E-state index contributed by atoms with van der Waals surface area (Å²) in [6.07, 6.45) is 0.950. The van der Waals surface area contributed by atoms with E-state index in [1.807, 2.05) is 12.1 Å². The molecule has 1 aromatic rings. The molecule has 3 nitrogen and oxygen atoms in total. The number of carbonyl (C=O) groups is 1. The summed E-state index contributed by atoms with van der Waals surface area (Å²) in [6, 6.07) is 3.78. The van der Waals surface area contributed by atoms with E-state index in [1.165, 1.54) is 0 Å². The molecule has 16 heavy (non-hydrogen) atoms. The van der Waals surface area contributed by atoms with E-state index in [9.17, 15) is 9.90 Å². The molecule has 0 atom stereocenters. The maximum absolute atomic E-state index is 11.2. The van der Waals surface area contributed by atoms with Gasteiger partial charge in [0.15, 0.2) is 0 Å². The van der Waals surface area contributed by atoms with Crippen molar-refractivity contribution >= 4 is 51.2 Å². The molecule has 0 heterocycles. The zero-order valence-electron chi connectivity index (χ0n) is 8.80. The number of hydrogen-bond donors (Lipinski definition) is 1. The SMILES string of the molecule is CCOC(=O)CCc1ccc(I)c(O)c1I. The van der Waals surface area contributed by atoms with E-state index in [-0.39, 0.29) is 5.97 Å². The Bertz CT molecular complexity index is 391. The molecule has 0 unspecified atom stereocenters. The number of aryl methyl sites for hydroxylation is 1. The number of esters is 1. The molecule has 0 saturated carbocycles. The topological polar surface area (TPSA) is 46.5 Å². The summed E-state index contributed by atoms with van der Waals surface area (Å²) >= 11 is 4.17. The molecule has 0 radical (unpaired) electrons. The highest BCUT2D eigenvalue weighted by molar-refractivity contribution is 14.1. The standard InChI is InChI=1S/C11H12I2O3/c1-2-16-9(14)6-4-7-3-5-8(12)11(15)10(7)13/h3,5,15H,2,4,6H2,1H3. The number of benzene rings is 1.